The summed E-state index contributed by atoms with van der Waals surface area (Å²) in [7, 11) is 1.63. The summed E-state index contributed by atoms with van der Waals surface area (Å²) in [6.45, 7) is 5.17. The molecule has 0 unspecified atom stereocenters. The van der Waals surface area contributed by atoms with Gasteiger partial charge in [0, 0.05) is 23.5 Å². The molecule has 4 nitrogen and oxygen atoms in total. The highest BCUT2D eigenvalue weighted by atomic mass is 35.5. The highest BCUT2D eigenvalue weighted by molar-refractivity contribution is 6.30. The smallest absolute Gasteiger partial charge is 0.315 e. The van der Waals surface area contributed by atoms with Crippen molar-refractivity contribution < 1.29 is 9.53 Å². The lowest BCUT2D eigenvalue weighted by atomic mass is 9.85. The predicted molar refractivity (Wildman–Crippen MR) is 97.7 cm³/mol. The molecular formula is C19H23ClN2O2. The van der Waals surface area contributed by atoms with Crippen LogP contribution in [0.25, 0.3) is 0 Å². The standard InChI is InChI=1S/C19H23ClN2O2/c1-19(2,15-6-8-16(20)9-7-15)13-22-18(23)21-12-14-4-10-17(24-3)11-5-14/h4-11H,12-13H2,1-3H3,(H2,21,22,23). The van der Waals surface area contributed by atoms with Crippen LogP contribution >= 0.6 is 11.6 Å². The topological polar surface area (TPSA) is 50.4 Å². The molecule has 0 aliphatic heterocycles. The van der Waals surface area contributed by atoms with Crippen LogP contribution in [-0.4, -0.2) is 19.7 Å². The van der Waals surface area contributed by atoms with E-state index in [-0.39, 0.29) is 11.4 Å². The minimum absolute atomic E-state index is 0.179. The second-order valence-electron chi connectivity index (χ2n) is 6.28. The number of rotatable bonds is 6. The molecule has 2 amide bonds. The highest BCUT2D eigenvalue weighted by Gasteiger charge is 2.21. The Labute approximate surface area is 148 Å². The number of methoxy groups -OCH3 is 1. The molecular weight excluding hydrogens is 324 g/mol. The maximum Gasteiger partial charge on any atom is 0.315 e. The van der Waals surface area contributed by atoms with E-state index < -0.39 is 0 Å². The second-order valence-corrected chi connectivity index (χ2v) is 6.71. The molecule has 5 heteroatoms. The van der Waals surface area contributed by atoms with Gasteiger partial charge in [-0.2, -0.15) is 0 Å². The van der Waals surface area contributed by atoms with Gasteiger partial charge in [0.2, 0.25) is 0 Å². The fourth-order valence-corrected chi connectivity index (χ4v) is 2.42. The monoisotopic (exact) mass is 346 g/mol. The van der Waals surface area contributed by atoms with Crippen molar-refractivity contribution in [3.05, 3.63) is 64.7 Å². The van der Waals surface area contributed by atoms with E-state index in [4.69, 9.17) is 16.3 Å². The Morgan fingerprint density at radius 3 is 2.25 bits per heavy atom. The average Bonchev–Trinajstić information content (AvgIpc) is 2.59. The van der Waals surface area contributed by atoms with E-state index >= 15 is 0 Å². The van der Waals surface area contributed by atoms with E-state index in [1.54, 1.807) is 7.11 Å². The number of amides is 2. The van der Waals surface area contributed by atoms with E-state index in [1.807, 2.05) is 48.5 Å². The largest absolute Gasteiger partial charge is 0.497 e. The zero-order chi connectivity index (χ0) is 17.6. The first kappa shape index (κ1) is 18.1. The molecule has 2 rings (SSSR count). The molecule has 24 heavy (non-hydrogen) atoms. The first-order valence-corrected chi connectivity index (χ1v) is 8.19. The van der Waals surface area contributed by atoms with E-state index in [9.17, 15) is 4.79 Å². The number of benzene rings is 2. The number of hydrogen-bond acceptors (Lipinski definition) is 2. The predicted octanol–water partition coefficient (Wildman–Crippen LogP) is 4.13. The molecule has 0 fully saturated rings. The van der Waals surface area contributed by atoms with Gasteiger partial charge in [0.25, 0.3) is 0 Å². The molecule has 0 atom stereocenters. The molecule has 0 aromatic heterocycles. The summed E-state index contributed by atoms with van der Waals surface area (Å²) in [5.74, 6) is 0.799. The first-order chi connectivity index (χ1) is 11.4. The minimum atomic E-state index is -0.187. The van der Waals surface area contributed by atoms with E-state index in [0.717, 1.165) is 16.9 Å². The van der Waals surface area contributed by atoms with Gasteiger partial charge in [0.05, 0.1) is 7.11 Å². The lowest BCUT2D eigenvalue weighted by molar-refractivity contribution is 0.238. The van der Waals surface area contributed by atoms with Gasteiger partial charge >= 0.3 is 6.03 Å². The second kappa shape index (κ2) is 8.06. The molecule has 2 aromatic carbocycles. The first-order valence-electron chi connectivity index (χ1n) is 7.81. The summed E-state index contributed by atoms with van der Waals surface area (Å²) >= 11 is 5.92. The van der Waals surface area contributed by atoms with Crippen molar-refractivity contribution in [1.29, 1.82) is 0 Å². The molecule has 0 aliphatic rings. The van der Waals surface area contributed by atoms with Crippen LogP contribution in [0.3, 0.4) is 0 Å². The number of halogens is 1. The Morgan fingerprint density at radius 1 is 1.04 bits per heavy atom. The summed E-state index contributed by atoms with van der Waals surface area (Å²) in [6.07, 6.45) is 0. The zero-order valence-corrected chi connectivity index (χ0v) is 15.0. The van der Waals surface area contributed by atoms with E-state index in [0.29, 0.717) is 18.1 Å². The number of carbonyl (C=O) groups is 1. The van der Waals surface area contributed by atoms with Crippen LogP contribution in [-0.2, 0) is 12.0 Å². The normalized spacial score (nSPS) is 11.0. The quantitative estimate of drug-likeness (QED) is 0.826. The molecule has 2 aromatic rings. The average molecular weight is 347 g/mol. The molecule has 0 bridgehead atoms. The van der Waals surface area contributed by atoms with Crippen LogP contribution in [0, 0.1) is 0 Å². The lowest BCUT2D eigenvalue weighted by Gasteiger charge is -2.25. The van der Waals surface area contributed by atoms with Crippen LogP contribution in [0.4, 0.5) is 4.79 Å². The fourth-order valence-electron chi connectivity index (χ4n) is 2.29. The maximum atomic E-state index is 12.0. The minimum Gasteiger partial charge on any atom is -0.497 e. The maximum absolute atomic E-state index is 12.0. The van der Waals surface area contributed by atoms with Crippen molar-refractivity contribution in [2.45, 2.75) is 25.8 Å². The number of carbonyl (C=O) groups excluding carboxylic acids is 1. The SMILES string of the molecule is COc1ccc(CNC(=O)NCC(C)(C)c2ccc(Cl)cc2)cc1. The summed E-state index contributed by atoms with van der Waals surface area (Å²) < 4.78 is 5.11. The summed E-state index contributed by atoms with van der Waals surface area (Å²) in [5, 5.41) is 6.49. The van der Waals surface area contributed by atoms with Crippen LogP contribution in [0.5, 0.6) is 5.75 Å². The molecule has 0 heterocycles. The van der Waals surface area contributed by atoms with Crippen molar-refractivity contribution in [1.82, 2.24) is 10.6 Å². The Hall–Kier alpha value is -2.20. The van der Waals surface area contributed by atoms with Gasteiger partial charge in [0.15, 0.2) is 0 Å². The van der Waals surface area contributed by atoms with Crippen LogP contribution in [0.2, 0.25) is 5.02 Å². The van der Waals surface area contributed by atoms with Crippen molar-refractivity contribution in [3.8, 4) is 5.75 Å². The Morgan fingerprint density at radius 2 is 1.67 bits per heavy atom. The van der Waals surface area contributed by atoms with Crippen LogP contribution < -0.4 is 15.4 Å². The van der Waals surface area contributed by atoms with Crippen molar-refractivity contribution in [3.63, 3.8) is 0 Å². The van der Waals surface area contributed by atoms with Gasteiger partial charge in [-0.25, -0.2) is 4.79 Å². The molecule has 0 saturated heterocycles. The third-order valence-corrected chi connectivity index (χ3v) is 4.18. The molecule has 0 radical (unpaired) electrons. The zero-order valence-electron chi connectivity index (χ0n) is 14.2. The van der Waals surface area contributed by atoms with Gasteiger partial charge in [-0.05, 0) is 35.4 Å². The summed E-state index contributed by atoms with van der Waals surface area (Å²) in [4.78, 5) is 12.0. The third-order valence-electron chi connectivity index (χ3n) is 3.93. The molecule has 0 saturated carbocycles. The summed E-state index contributed by atoms with van der Waals surface area (Å²) in [6, 6.07) is 15.1. The Balaban J connectivity index is 1.82. The Bertz CT molecular complexity index is 667. The van der Waals surface area contributed by atoms with Crippen molar-refractivity contribution >= 4 is 17.6 Å². The Kier molecular flexibility index (Phi) is 6.10. The van der Waals surface area contributed by atoms with Crippen LogP contribution in [0.15, 0.2) is 48.5 Å². The van der Waals surface area contributed by atoms with Gasteiger partial charge in [-0.3, -0.25) is 0 Å². The summed E-state index contributed by atoms with van der Waals surface area (Å²) in [5.41, 5.74) is 1.97. The number of nitrogens with one attached hydrogen (secondary N) is 2. The molecule has 0 aliphatic carbocycles. The molecule has 128 valence electrons. The van der Waals surface area contributed by atoms with Gasteiger partial charge < -0.3 is 15.4 Å². The number of hydrogen-bond donors (Lipinski definition) is 2. The van der Waals surface area contributed by atoms with Gasteiger partial charge in [-0.1, -0.05) is 49.7 Å². The lowest BCUT2D eigenvalue weighted by Crippen LogP contribution is -2.42. The van der Waals surface area contributed by atoms with Crippen LogP contribution in [0.1, 0.15) is 25.0 Å². The van der Waals surface area contributed by atoms with Gasteiger partial charge in [-0.15, -0.1) is 0 Å². The van der Waals surface area contributed by atoms with Crippen molar-refractivity contribution in [2.24, 2.45) is 0 Å². The van der Waals surface area contributed by atoms with Crippen molar-refractivity contribution in [2.75, 3.05) is 13.7 Å². The molecule has 0 spiro atoms. The number of ether oxygens (including phenoxy) is 1. The fraction of sp³-hybridized carbons (Fsp3) is 0.316. The van der Waals surface area contributed by atoms with E-state index in [2.05, 4.69) is 24.5 Å². The highest BCUT2D eigenvalue weighted by Crippen LogP contribution is 2.23. The number of urea groups is 1. The van der Waals surface area contributed by atoms with Gasteiger partial charge in [0.1, 0.15) is 5.75 Å². The third kappa shape index (κ3) is 5.17. The van der Waals surface area contributed by atoms with E-state index in [1.165, 1.54) is 0 Å². The molecule has 2 N–H and O–H groups in total.